The van der Waals surface area contributed by atoms with Gasteiger partial charge in [0.15, 0.2) is 0 Å². The number of rotatable bonds is 6. The number of alkyl halides is 3. The van der Waals surface area contributed by atoms with E-state index in [-0.39, 0.29) is 6.01 Å². The largest absolute Gasteiger partial charge is 0.405 e. The number of nitrogens with one attached hydrogen (secondary N) is 2. The smallest absolute Gasteiger partial charge is 0.329 e. The number of urea groups is 1. The van der Waals surface area contributed by atoms with E-state index >= 15 is 0 Å². The number of nitrogens with zero attached hydrogens (tertiary/aromatic N) is 5. The Morgan fingerprint density at radius 1 is 1.12 bits per heavy atom. The molecule has 9 nitrogen and oxygen atoms in total. The second kappa shape index (κ2) is 9.34. The number of fused-ring (bicyclic) bond motifs is 1. The summed E-state index contributed by atoms with van der Waals surface area (Å²) in [7, 11) is 0. The third-order valence-electron chi connectivity index (χ3n) is 4.28. The van der Waals surface area contributed by atoms with Crippen molar-refractivity contribution in [2.75, 3.05) is 11.9 Å². The first kappa shape index (κ1) is 21.7. The van der Waals surface area contributed by atoms with E-state index in [4.69, 9.17) is 4.84 Å². The summed E-state index contributed by atoms with van der Waals surface area (Å²) in [5.74, 6) is 0. The highest BCUT2D eigenvalue weighted by Gasteiger charge is 2.27. The summed E-state index contributed by atoms with van der Waals surface area (Å²) in [5, 5.41) is 8.00. The molecule has 168 valence electrons. The Labute approximate surface area is 185 Å². The van der Waals surface area contributed by atoms with E-state index in [0.717, 1.165) is 11.3 Å². The summed E-state index contributed by atoms with van der Waals surface area (Å²) < 4.78 is 38.6. The van der Waals surface area contributed by atoms with Crippen LogP contribution in [0.2, 0.25) is 0 Å². The maximum Gasteiger partial charge on any atom is 0.405 e. The van der Waals surface area contributed by atoms with Crippen molar-refractivity contribution in [3.05, 3.63) is 72.8 Å². The number of imidazole rings is 1. The van der Waals surface area contributed by atoms with Crippen LogP contribution in [0.4, 0.5) is 23.7 Å². The number of benzene rings is 1. The predicted octanol–water partition coefficient (Wildman–Crippen LogP) is 3.89. The zero-order chi connectivity index (χ0) is 23.3. The van der Waals surface area contributed by atoms with E-state index in [2.05, 4.69) is 25.4 Å². The summed E-state index contributed by atoms with van der Waals surface area (Å²) in [6.45, 7) is -1.42. The standard InChI is InChI=1S/C21H16F3N7O2/c22-21(23,24)13-28-19(32)30-16-4-1-3-15(10-16)17-12-27-18-9-14(5-8-31(17)18)11-29-33-20-25-6-2-7-26-20/h1-12H,13H2,(H2,28,30,32)/b29-11+. The summed E-state index contributed by atoms with van der Waals surface area (Å²) >= 11 is 0. The van der Waals surface area contributed by atoms with Crippen LogP contribution < -0.4 is 15.5 Å². The number of aromatic nitrogens is 4. The first-order valence-electron chi connectivity index (χ1n) is 9.54. The van der Waals surface area contributed by atoms with Gasteiger partial charge in [-0.25, -0.2) is 19.7 Å². The Morgan fingerprint density at radius 3 is 2.73 bits per heavy atom. The topological polar surface area (TPSA) is 106 Å². The van der Waals surface area contributed by atoms with Gasteiger partial charge in [-0.2, -0.15) is 13.2 Å². The van der Waals surface area contributed by atoms with Crippen molar-refractivity contribution in [1.82, 2.24) is 24.7 Å². The van der Waals surface area contributed by atoms with Crippen LogP contribution in [0.5, 0.6) is 6.01 Å². The molecule has 4 rings (SSSR count). The van der Waals surface area contributed by atoms with Crippen molar-refractivity contribution >= 4 is 23.6 Å². The molecule has 12 heteroatoms. The van der Waals surface area contributed by atoms with Crippen LogP contribution in [0.15, 0.2) is 72.4 Å². The van der Waals surface area contributed by atoms with Crippen molar-refractivity contribution in [3.63, 3.8) is 0 Å². The molecule has 0 aliphatic heterocycles. The van der Waals surface area contributed by atoms with E-state index < -0.39 is 18.8 Å². The lowest BCUT2D eigenvalue weighted by atomic mass is 10.1. The van der Waals surface area contributed by atoms with Crippen molar-refractivity contribution in [3.8, 4) is 17.3 Å². The van der Waals surface area contributed by atoms with E-state index in [9.17, 15) is 18.0 Å². The van der Waals surface area contributed by atoms with E-state index in [0.29, 0.717) is 16.9 Å². The van der Waals surface area contributed by atoms with Crippen LogP contribution in [0.25, 0.3) is 16.9 Å². The van der Waals surface area contributed by atoms with Gasteiger partial charge in [-0.3, -0.25) is 4.40 Å². The fourth-order valence-corrected chi connectivity index (χ4v) is 2.87. The van der Waals surface area contributed by atoms with Gasteiger partial charge in [-0.1, -0.05) is 17.3 Å². The third kappa shape index (κ3) is 5.81. The molecule has 2 amide bonds. The minimum absolute atomic E-state index is 0.124. The fourth-order valence-electron chi connectivity index (χ4n) is 2.87. The minimum Gasteiger partial charge on any atom is -0.329 e. The number of oxime groups is 1. The highest BCUT2D eigenvalue weighted by Crippen LogP contribution is 2.24. The first-order valence-corrected chi connectivity index (χ1v) is 9.54. The lowest BCUT2D eigenvalue weighted by molar-refractivity contribution is -0.122. The number of amides is 2. The molecular weight excluding hydrogens is 439 g/mol. The summed E-state index contributed by atoms with van der Waals surface area (Å²) in [6.07, 6.45) is 3.52. The minimum atomic E-state index is -4.49. The Balaban J connectivity index is 1.47. The number of pyridine rings is 1. The summed E-state index contributed by atoms with van der Waals surface area (Å²) in [4.78, 5) is 29.0. The highest BCUT2D eigenvalue weighted by atomic mass is 19.4. The fraction of sp³-hybridized carbons (Fsp3) is 0.0952. The second-order valence-corrected chi connectivity index (χ2v) is 6.69. The van der Waals surface area contributed by atoms with Crippen molar-refractivity contribution in [1.29, 1.82) is 0 Å². The molecule has 3 heterocycles. The predicted molar refractivity (Wildman–Crippen MR) is 114 cm³/mol. The SMILES string of the molecule is O=C(NCC(F)(F)F)Nc1cccc(-c2cnc3cc(/C=N/Oc4ncccn4)ccn23)c1. The summed E-state index contributed by atoms with van der Waals surface area (Å²) in [6, 6.07) is 11.1. The number of hydrogen-bond donors (Lipinski definition) is 2. The Kier molecular flexibility index (Phi) is 6.15. The molecule has 3 aromatic heterocycles. The maximum atomic E-state index is 12.3. The summed E-state index contributed by atoms with van der Waals surface area (Å²) in [5.41, 5.74) is 3.13. The number of anilines is 1. The molecule has 0 saturated heterocycles. The van der Waals surface area contributed by atoms with Gasteiger partial charge < -0.3 is 15.5 Å². The molecule has 0 radical (unpaired) electrons. The van der Waals surface area contributed by atoms with Crippen LogP contribution >= 0.6 is 0 Å². The van der Waals surface area contributed by atoms with Crippen LogP contribution in [0.1, 0.15) is 5.56 Å². The van der Waals surface area contributed by atoms with Gasteiger partial charge in [0.05, 0.1) is 18.1 Å². The quantitative estimate of drug-likeness (QED) is 0.339. The van der Waals surface area contributed by atoms with Gasteiger partial charge >= 0.3 is 18.2 Å². The van der Waals surface area contributed by atoms with Gasteiger partial charge in [-0.15, -0.1) is 0 Å². The van der Waals surface area contributed by atoms with Crippen LogP contribution in [0, 0.1) is 0 Å². The molecule has 0 aliphatic carbocycles. The molecule has 0 fully saturated rings. The Morgan fingerprint density at radius 2 is 1.94 bits per heavy atom. The van der Waals surface area contributed by atoms with E-state index in [1.165, 1.54) is 18.6 Å². The lowest BCUT2D eigenvalue weighted by Gasteiger charge is -2.10. The van der Waals surface area contributed by atoms with Crippen molar-refractivity contribution in [2.45, 2.75) is 6.18 Å². The lowest BCUT2D eigenvalue weighted by Crippen LogP contribution is -2.36. The van der Waals surface area contributed by atoms with Gasteiger partial charge in [0.1, 0.15) is 12.2 Å². The van der Waals surface area contributed by atoms with Crippen LogP contribution in [-0.4, -0.2) is 44.3 Å². The average molecular weight is 455 g/mol. The monoisotopic (exact) mass is 455 g/mol. The number of hydrogen-bond acceptors (Lipinski definition) is 6. The molecule has 0 bridgehead atoms. The molecule has 1 aromatic carbocycles. The number of carbonyl (C=O) groups is 1. The Hall–Kier alpha value is -4.48. The molecular formula is C21H16F3N7O2. The average Bonchev–Trinajstić information content (AvgIpc) is 3.22. The normalized spacial score (nSPS) is 11.6. The third-order valence-corrected chi connectivity index (χ3v) is 4.28. The molecule has 4 aromatic rings. The van der Waals surface area contributed by atoms with Crippen LogP contribution in [0.3, 0.4) is 0 Å². The first-order chi connectivity index (χ1) is 15.9. The van der Waals surface area contributed by atoms with Gasteiger partial charge in [0.25, 0.3) is 0 Å². The van der Waals surface area contributed by atoms with Crippen molar-refractivity contribution < 1.29 is 22.8 Å². The zero-order valence-electron chi connectivity index (χ0n) is 16.8. The molecule has 0 saturated carbocycles. The molecule has 0 unspecified atom stereocenters. The van der Waals surface area contributed by atoms with Gasteiger partial charge in [0, 0.05) is 35.4 Å². The van der Waals surface area contributed by atoms with Crippen molar-refractivity contribution in [2.24, 2.45) is 5.16 Å². The van der Waals surface area contributed by atoms with E-state index in [1.54, 1.807) is 60.2 Å². The zero-order valence-corrected chi connectivity index (χ0v) is 16.8. The second-order valence-electron chi connectivity index (χ2n) is 6.69. The Bertz CT molecular complexity index is 1290. The van der Waals surface area contributed by atoms with Gasteiger partial charge in [-0.05, 0) is 30.3 Å². The molecule has 0 atom stereocenters. The van der Waals surface area contributed by atoms with Gasteiger partial charge in [0.2, 0.25) is 0 Å². The maximum absolute atomic E-state index is 12.3. The molecule has 2 N–H and O–H groups in total. The number of carbonyl (C=O) groups excluding carboxylic acids is 1. The molecule has 33 heavy (non-hydrogen) atoms. The van der Waals surface area contributed by atoms with Crippen LogP contribution in [-0.2, 0) is 0 Å². The molecule has 0 spiro atoms. The molecule has 0 aliphatic rings. The van der Waals surface area contributed by atoms with E-state index in [1.807, 2.05) is 4.40 Å². The highest BCUT2D eigenvalue weighted by molar-refractivity contribution is 5.90. The number of halogens is 3.